The van der Waals surface area contributed by atoms with Gasteiger partial charge in [-0.2, -0.15) is 0 Å². The molecule has 1 aliphatic rings. The number of aliphatic hydroxyl groups is 2. The normalized spacial score (nSPS) is 25.1. The van der Waals surface area contributed by atoms with Crippen molar-refractivity contribution in [2.75, 3.05) is 6.61 Å². The molecule has 0 radical (unpaired) electrons. The van der Waals surface area contributed by atoms with E-state index in [-0.39, 0.29) is 18.8 Å². The first-order valence-corrected chi connectivity index (χ1v) is 6.19. The Balaban J connectivity index is 3.13. The summed E-state index contributed by atoms with van der Waals surface area (Å²) in [6.45, 7) is 7.58. The van der Waals surface area contributed by atoms with E-state index < -0.39 is 11.5 Å². The van der Waals surface area contributed by atoms with Crippen molar-refractivity contribution in [3.63, 3.8) is 0 Å². The van der Waals surface area contributed by atoms with Crippen LogP contribution >= 0.6 is 0 Å². The van der Waals surface area contributed by atoms with Crippen LogP contribution in [-0.4, -0.2) is 28.7 Å². The molecule has 1 atom stereocenters. The highest BCUT2D eigenvalue weighted by Crippen LogP contribution is 2.39. The summed E-state index contributed by atoms with van der Waals surface area (Å²) in [6.07, 6.45) is 4.98. The van der Waals surface area contributed by atoms with Gasteiger partial charge in [-0.05, 0) is 25.0 Å². The van der Waals surface area contributed by atoms with Crippen LogP contribution in [0, 0.1) is 5.41 Å². The summed E-state index contributed by atoms with van der Waals surface area (Å²) in [5.74, 6) is 0.00488. The van der Waals surface area contributed by atoms with E-state index in [0.717, 1.165) is 16.7 Å². The van der Waals surface area contributed by atoms with Gasteiger partial charge in [-0.15, -0.1) is 0 Å². The fourth-order valence-corrected chi connectivity index (χ4v) is 2.16. The molecule has 1 rings (SSSR count). The minimum atomic E-state index is -0.643. The average Bonchev–Trinajstić information content (AvgIpc) is 2.27. The molecule has 0 fully saturated rings. The van der Waals surface area contributed by atoms with Crippen molar-refractivity contribution in [1.29, 1.82) is 0 Å². The molecule has 0 bridgehead atoms. The summed E-state index contributed by atoms with van der Waals surface area (Å²) >= 11 is 0. The lowest BCUT2D eigenvalue weighted by molar-refractivity contribution is -0.120. The second-order valence-corrected chi connectivity index (χ2v) is 5.37. The molecule has 0 saturated carbocycles. The zero-order valence-corrected chi connectivity index (χ0v) is 11.5. The van der Waals surface area contributed by atoms with E-state index in [0.29, 0.717) is 0 Å². The number of rotatable bonds is 3. The Labute approximate surface area is 109 Å². The number of allylic oxidation sites excluding steroid dienone is 4. The molecule has 2 N–H and O–H groups in total. The number of carbonyl (C=O) groups excluding carboxylic acids is 1. The molecule has 0 spiro atoms. The van der Waals surface area contributed by atoms with Gasteiger partial charge in [-0.3, -0.25) is 4.79 Å². The zero-order valence-electron chi connectivity index (χ0n) is 11.5. The number of Topliss-reactive ketones (excluding diaryl/α,β-unsaturated/α-hetero) is 1. The third-order valence-corrected chi connectivity index (χ3v) is 3.65. The van der Waals surface area contributed by atoms with Crippen LogP contribution in [0.3, 0.4) is 0 Å². The van der Waals surface area contributed by atoms with Crippen molar-refractivity contribution in [1.82, 2.24) is 0 Å². The minimum absolute atomic E-state index is 0.000842. The van der Waals surface area contributed by atoms with Gasteiger partial charge in [0, 0.05) is 11.8 Å². The van der Waals surface area contributed by atoms with E-state index >= 15 is 0 Å². The summed E-state index contributed by atoms with van der Waals surface area (Å²) in [4.78, 5) is 11.8. The largest absolute Gasteiger partial charge is 0.392 e. The molecule has 0 aromatic heterocycles. The second kappa shape index (κ2) is 5.63. The van der Waals surface area contributed by atoms with Gasteiger partial charge in [-0.1, -0.05) is 37.6 Å². The molecule has 3 heteroatoms. The van der Waals surface area contributed by atoms with Gasteiger partial charge in [0.1, 0.15) is 0 Å². The van der Waals surface area contributed by atoms with E-state index in [4.69, 9.17) is 5.11 Å². The Morgan fingerprint density at radius 3 is 2.67 bits per heavy atom. The predicted octanol–water partition coefficient (Wildman–Crippen LogP) is 2.16. The highest BCUT2D eigenvalue weighted by atomic mass is 16.3. The third-order valence-electron chi connectivity index (χ3n) is 3.65. The Bertz CT molecular complexity index is 425. The molecule has 0 saturated heterocycles. The van der Waals surface area contributed by atoms with Crippen LogP contribution in [0.25, 0.3) is 0 Å². The van der Waals surface area contributed by atoms with Crippen molar-refractivity contribution >= 4 is 5.78 Å². The lowest BCUT2D eigenvalue weighted by Gasteiger charge is -2.36. The molecular formula is C15H22O3. The van der Waals surface area contributed by atoms with E-state index in [1.807, 2.05) is 32.9 Å². The Morgan fingerprint density at radius 1 is 1.50 bits per heavy atom. The lowest BCUT2D eigenvalue weighted by atomic mass is 9.70. The quantitative estimate of drug-likeness (QED) is 0.755. The van der Waals surface area contributed by atoms with E-state index in [9.17, 15) is 9.90 Å². The standard InChI is InChI=1S/C15H22O3/c1-10(7-8-16)5-6-12-11(2)13(17)9-14(18)15(12,3)4/h5-7,14,16,18H,8-9H2,1-4H3. The monoisotopic (exact) mass is 250 g/mol. The van der Waals surface area contributed by atoms with Crippen LogP contribution in [0.5, 0.6) is 0 Å². The molecule has 100 valence electrons. The molecule has 3 nitrogen and oxygen atoms in total. The maximum atomic E-state index is 11.8. The second-order valence-electron chi connectivity index (χ2n) is 5.37. The Kier molecular flexibility index (Phi) is 4.65. The van der Waals surface area contributed by atoms with Gasteiger partial charge in [0.25, 0.3) is 0 Å². The van der Waals surface area contributed by atoms with Crippen LogP contribution in [0.4, 0.5) is 0 Å². The van der Waals surface area contributed by atoms with Crippen molar-refractivity contribution in [3.8, 4) is 0 Å². The predicted molar refractivity (Wildman–Crippen MR) is 72.1 cm³/mol. The van der Waals surface area contributed by atoms with Crippen LogP contribution in [0.2, 0.25) is 0 Å². The zero-order chi connectivity index (χ0) is 13.9. The number of carbonyl (C=O) groups is 1. The minimum Gasteiger partial charge on any atom is -0.392 e. The molecule has 18 heavy (non-hydrogen) atoms. The molecule has 1 unspecified atom stereocenters. The first kappa shape index (κ1) is 14.9. The molecule has 1 aliphatic carbocycles. The number of hydrogen-bond donors (Lipinski definition) is 2. The maximum absolute atomic E-state index is 11.8. The third kappa shape index (κ3) is 2.98. The Morgan fingerprint density at radius 2 is 2.11 bits per heavy atom. The van der Waals surface area contributed by atoms with Crippen molar-refractivity contribution in [2.24, 2.45) is 5.41 Å². The van der Waals surface area contributed by atoms with Crippen molar-refractivity contribution < 1.29 is 15.0 Å². The smallest absolute Gasteiger partial charge is 0.161 e. The molecule has 0 amide bonds. The highest BCUT2D eigenvalue weighted by Gasteiger charge is 2.38. The van der Waals surface area contributed by atoms with Crippen LogP contribution in [0.1, 0.15) is 34.1 Å². The average molecular weight is 250 g/mol. The van der Waals surface area contributed by atoms with Gasteiger partial charge in [0.15, 0.2) is 5.78 Å². The summed E-state index contributed by atoms with van der Waals surface area (Å²) < 4.78 is 0. The van der Waals surface area contributed by atoms with Crippen LogP contribution in [0.15, 0.2) is 34.9 Å². The van der Waals surface area contributed by atoms with Gasteiger partial charge >= 0.3 is 0 Å². The summed E-state index contributed by atoms with van der Waals surface area (Å²) in [5.41, 5.74) is 2.10. The fraction of sp³-hybridized carbons (Fsp3) is 0.533. The number of ketones is 1. The van der Waals surface area contributed by atoms with E-state index in [1.54, 1.807) is 13.0 Å². The molecule has 0 heterocycles. The summed E-state index contributed by atoms with van der Waals surface area (Å²) in [5, 5.41) is 18.8. The molecule has 0 aromatic carbocycles. The first-order chi connectivity index (χ1) is 8.30. The fourth-order valence-electron chi connectivity index (χ4n) is 2.16. The lowest BCUT2D eigenvalue weighted by Crippen LogP contribution is -2.38. The van der Waals surface area contributed by atoms with Crippen LogP contribution < -0.4 is 0 Å². The number of aliphatic hydroxyl groups excluding tert-OH is 2. The van der Waals surface area contributed by atoms with Gasteiger partial charge in [0.2, 0.25) is 0 Å². The van der Waals surface area contributed by atoms with E-state index in [2.05, 4.69) is 0 Å². The highest BCUT2D eigenvalue weighted by molar-refractivity contribution is 5.97. The first-order valence-electron chi connectivity index (χ1n) is 6.19. The SMILES string of the molecule is CC(C=CC1=C(C)C(=O)CC(O)C1(C)C)=CCO. The van der Waals surface area contributed by atoms with Gasteiger partial charge < -0.3 is 10.2 Å². The molecule has 0 aliphatic heterocycles. The maximum Gasteiger partial charge on any atom is 0.161 e. The van der Waals surface area contributed by atoms with Gasteiger partial charge in [0.05, 0.1) is 12.7 Å². The molecule has 0 aromatic rings. The Hall–Kier alpha value is -1.19. The number of hydrogen-bond acceptors (Lipinski definition) is 3. The summed E-state index contributed by atoms with van der Waals surface area (Å²) in [6, 6.07) is 0. The van der Waals surface area contributed by atoms with Crippen LogP contribution in [-0.2, 0) is 4.79 Å². The van der Waals surface area contributed by atoms with Crippen molar-refractivity contribution in [3.05, 3.63) is 34.9 Å². The van der Waals surface area contributed by atoms with Crippen molar-refractivity contribution in [2.45, 2.75) is 40.2 Å². The molecular weight excluding hydrogens is 228 g/mol. The summed E-state index contributed by atoms with van der Waals surface area (Å²) in [7, 11) is 0. The van der Waals surface area contributed by atoms with E-state index in [1.165, 1.54) is 0 Å². The topological polar surface area (TPSA) is 57.5 Å². The van der Waals surface area contributed by atoms with Gasteiger partial charge in [-0.25, -0.2) is 0 Å².